The van der Waals surface area contributed by atoms with Gasteiger partial charge in [0.25, 0.3) is 0 Å². The summed E-state index contributed by atoms with van der Waals surface area (Å²) < 4.78 is 21.7. The van der Waals surface area contributed by atoms with Gasteiger partial charge in [-0.3, -0.25) is 4.79 Å². The molecule has 1 aromatic heterocycles. The molecule has 1 aliphatic heterocycles. The fourth-order valence-electron chi connectivity index (χ4n) is 2.62. The molecule has 0 saturated heterocycles. The lowest BCUT2D eigenvalue weighted by Gasteiger charge is -2.19. The van der Waals surface area contributed by atoms with E-state index in [1.165, 1.54) is 0 Å². The summed E-state index contributed by atoms with van der Waals surface area (Å²) >= 11 is 0. The van der Waals surface area contributed by atoms with Crippen LogP contribution < -0.4 is 14.8 Å². The van der Waals surface area contributed by atoms with Crippen molar-refractivity contribution < 1.29 is 33.3 Å². The van der Waals surface area contributed by atoms with Gasteiger partial charge < -0.3 is 24.3 Å². The number of esters is 2. The van der Waals surface area contributed by atoms with Crippen LogP contribution in [0.15, 0.2) is 18.2 Å². The highest BCUT2D eigenvalue weighted by Crippen LogP contribution is 2.32. The van der Waals surface area contributed by atoms with Crippen molar-refractivity contribution in [2.45, 2.75) is 20.4 Å². The molecule has 2 heterocycles. The summed E-state index contributed by atoms with van der Waals surface area (Å²) in [5, 5.41) is 10.1. The second-order valence-electron chi connectivity index (χ2n) is 5.79. The summed E-state index contributed by atoms with van der Waals surface area (Å²) in [5.74, 6) is -1.03. The Hall–Kier alpha value is -3.63. The van der Waals surface area contributed by atoms with E-state index in [1.807, 2.05) is 0 Å². The quantitative estimate of drug-likeness (QED) is 0.672. The Morgan fingerprint density at radius 2 is 1.76 bits per heavy atom. The molecule has 154 valence electrons. The average Bonchev–Trinajstić information content (AvgIpc) is 3.12. The molecule has 0 fully saturated rings. The molecule has 11 nitrogen and oxygen atoms in total. The molecule has 1 N–H and O–H groups in total. The Labute approximate surface area is 165 Å². The molecule has 29 heavy (non-hydrogen) atoms. The topological polar surface area (TPSA) is 131 Å². The van der Waals surface area contributed by atoms with E-state index in [1.54, 1.807) is 32.0 Å². The van der Waals surface area contributed by atoms with Crippen LogP contribution in [0, 0.1) is 0 Å². The molecule has 1 aliphatic rings. The van der Waals surface area contributed by atoms with Gasteiger partial charge in [-0.15, -0.1) is 5.10 Å². The second kappa shape index (κ2) is 9.04. The molecule has 0 saturated carbocycles. The second-order valence-corrected chi connectivity index (χ2v) is 5.79. The van der Waals surface area contributed by atoms with Gasteiger partial charge in [0.1, 0.15) is 19.8 Å². The van der Waals surface area contributed by atoms with E-state index < -0.39 is 17.8 Å². The summed E-state index contributed by atoms with van der Waals surface area (Å²) in [5.41, 5.74) is -0.0808. The Morgan fingerprint density at radius 1 is 1.07 bits per heavy atom. The number of carbonyl (C=O) groups excluding carboxylic acids is 3. The van der Waals surface area contributed by atoms with Gasteiger partial charge in [-0.25, -0.2) is 14.3 Å². The molecule has 1 amide bonds. The van der Waals surface area contributed by atoms with E-state index in [9.17, 15) is 14.4 Å². The van der Waals surface area contributed by atoms with Crippen molar-refractivity contribution in [1.82, 2.24) is 15.0 Å². The number of rotatable bonds is 7. The Kier molecular flexibility index (Phi) is 6.27. The highest BCUT2D eigenvalue weighted by atomic mass is 16.6. The zero-order valence-electron chi connectivity index (χ0n) is 16.0. The molecular formula is C18H20N4O7. The molecule has 2 aromatic rings. The van der Waals surface area contributed by atoms with Crippen molar-refractivity contribution >= 4 is 23.5 Å². The number of ether oxygens (including phenoxy) is 4. The predicted octanol–water partition coefficient (Wildman–Crippen LogP) is 1.04. The van der Waals surface area contributed by atoms with Gasteiger partial charge in [0, 0.05) is 11.8 Å². The zero-order valence-corrected chi connectivity index (χ0v) is 16.0. The standard InChI is InChI=1S/C18H20N4O7/c1-3-26-17(24)15-16(18(25)27-4-2)22(21-20-15)10-14(23)19-11-5-6-12-13(9-11)29-8-7-28-12/h5-6,9H,3-4,7-8,10H2,1-2H3,(H,19,23). The van der Waals surface area contributed by atoms with Gasteiger partial charge in [-0.2, -0.15) is 0 Å². The maximum absolute atomic E-state index is 12.4. The minimum Gasteiger partial charge on any atom is -0.486 e. The first-order valence-electron chi connectivity index (χ1n) is 9.00. The number of hydrogen-bond donors (Lipinski definition) is 1. The van der Waals surface area contributed by atoms with Crippen molar-refractivity contribution in [1.29, 1.82) is 0 Å². The number of nitrogens with zero attached hydrogens (tertiary/aromatic N) is 3. The van der Waals surface area contributed by atoms with E-state index in [0.717, 1.165) is 4.68 Å². The average molecular weight is 404 g/mol. The van der Waals surface area contributed by atoms with E-state index in [2.05, 4.69) is 15.6 Å². The molecule has 1 aromatic carbocycles. The minimum absolute atomic E-state index is 0.0790. The van der Waals surface area contributed by atoms with Gasteiger partial charge in [-0.05, 0) is 26.0 Å². The molecule has 0 aliphatic carbocycles. The number of aromatic nitrogens is 3. The van der Waals surface area contributed by atoms with Crippen LogP contribution in [-0.4, -0.2) is 59.3 Å². The molecule has 0 bridgehead atoms. The monoisotopic (exact) mass is 404 g/mol. The maximum atomic E-state index is 12.4. The summed E-state index contributed by atoms with van der Waals surface area (Å²) in [7, 11) is 0. The number of amides is 1. The van der Waals surface area contributed by atoms with Gasteiger partial charge in [-0.1, -0.05) is 5.21 Å². The number of benzene rings is 1. The van der Waals surface area contributed by atoms with Crippen LogP contribution >= 0.6 is 0 Å². The van der Waals surface area contributed by atoms with E-state index in [-0.39, 0.29) is 31.1 Å². The molecule has 0 radical (unpaired) electrons. The molecule has 11 heteroatoms. The third-order valence-electron chi connectivity index (χ3n) is 3.79. The van der Waals surface area contributed by atoms with Crippen LogP contribution in [0.1, 0.15) is 34.8 Å². The van der Waals surface area contributed by atoms with E-state index in [0.29, 0.717) is 30.4 Å². The summed E-state index contributed by atoms with van der Waals surface area (Å²) in [4.78, 5) is 36.7. The van der Waals surface area contributed by atoms with Crippen molar-refractivity contribution in [2.75, 3.05) is 31.7 Å². The van der Waals surface area contributed by atoms with Crippen molar-refractivity contribution in [2.24, 2.45) is 0 Å². The Bertz CT molecular complexity index is 925. The third-order valence-corrected chi connectivity index (χ3v) is 3.79. The first-order chi connectivity index (χ1) is 14.0. The highest BCUT2D eigenvalue weighted by Gasteiger charge is 2.28. The Morgan fingerprint density at radius 3 is 2.48 bits per heavy atom. The fourth-order valence-corrected chi connectivity index (χ4v) is 2.62. The summed E-state index contributed by atoms with van der Waals surface area (Å²) in [6, 6.07) is 4.97. The number of anilines is 1. The zero-order chi connectivity index (χ0) is 20.8. The maximum Gasteiger partial charge on any atom is 0.361 e. The largest absolute Gasteiger partial charge is 0.486 e. The van der Waals surface area contributed by atoms with Crippen LogP contribution in [-0.2, 0) is 20.8 Å². The normalized spacial score (nSPS) is 12.2. The SMILES string of the molecule is CCOC(=O)c1nnn(CC(=O)Nc2ccc3c(c2)OCCO3)c1C(=O)OCC. The van der Waals surface area contributed by atoms with E-state index in [4.69, 9.17) is 18.9 Å². The van der Waals surface area contributed by atoms with Crippen molar-refractivity contribution in [3.05, 3.63) is 29.6 Å². The lowest BCUT2D eigenvalue weighted by atomic mass is 10.2. The van der Waals surface area contributed by atoms with Crippen LogP contribution in [0.25, 0.3) is 0 Å². The molecule has 0 atom stereocenters. The van der Waals surface area contributed by atoms with Crippen LogP contribution in [0.4, 0.5) is 5.69 Å². The number of nitrogens with one attached hydrogen (secondary N) is 1. The summed E-state index contributed by atoms with van der Waals surface area (Å²) in [6.45, 7) is 3.92. The lowest BCUT2D eigenvalue weighted by Crippen LogP contribution is -2.24. The lowest BCUT2D eigenvalue weighted by molar-refractivity contribution is -0.116. The smallest absolute Gasteiger partial charge is 0.361 e. The van der Waals surface area contributed by atoms with Gasteiger partial charge in [0.2, 0.25) is 11.6 Å². The number of hydrogen-bond acceptors (Lipinski definition) is 9. The minimum atomic E-state index is -0.826. The van der Waals surface area contributed by atoms with Gasteiger partial charge >= 0.3 is 11.9 Å². The molecule has 3 rings (SSSR count). The van der Waals surface area contributed by atoms with Gasteiger partial charge in [0.15, 0.2) is 17.2 Å². The first-order valence-corrected chi connectivity index (χ1v) is 9.00. The highest BCUT2D eigenvalue weighted by molar-refractivity contribution is 6.01. The molecular weight excluding hydrogens is 384 g/mol. The first kappa shape index (κ1) is 20.1. The van der Waals surface area contributed by atoms with Crippen LogP contribution in [0.3, 0.4) is 0 Å². The predicted molar refractivity (Wildman–Crippen MR) is 98.0 cm³/mol. The molecule has 0 unspecified atom stereocenters. The number of fused-ring (bicyclic) bond motifs is 1. The number of carbonyl (C=O) groups is 3. The molecule has 0 spiro atoms. The summed E-state index contributed by atoms with van der Waals surface area (Å²) in [6.07, 6.45) is 0. The van der Waals surface area contributed by atoms with Crippen LogP contribution in [0.2, 0.25) is 0 Å². The van der Waals surface area contributed by atoms with Gasteiger partial charge in [0.05, 0.1) is 13.2 Å². The van der Waals surface area contributed by atoms with Crippen molar-refractivity contribution in [3.8, 4) is 11.5 Å². The van der Waals surface area contributed by atoms with Crippen molar-refractivity contribution in [3.63, 3.8) is 0 Å². The van der Waals surface area contributed by atoms with Crippen LogP contribution in [0.5, 0.6) is 11.5 Å². The fraction of sp³-hybridized carbons (Fsp3) is 0.389. The van der Waals surface area contributed by atoms with E-state index >= 15 is 0 Å². The third kappa shape index (κ3) is 4.62. The Balaban J connectivity index is 1.77.